The molecule has 1 N–H and O–H groups in total. The van der Waals surface area contributed by atoms with Gasteiger partial charge in [-0.2, -0.15) is 8.61 Å². The highest BCUT2D eigenvalue weighted by atomic mass is 32.2. The molecular weight excluding hydrogens is 462 g/mol. The van der Waals surface area contributed by atoms with Crippen molar-refractivity contribution in [2.45, 2.75) is 48.3 Å². The van der Waals surface area contributed by atoms with Crippen LogP contribution in [0.1, 0.15) is 48.9 Å². The van der Waals surface area contributed by atoms with Crippen LogP contribution < -0.4 is 5.32 Å². The molecule has 1 amide bonds. The van der Waals surface area contributed by atoms with Gasteiger partial charge in [0.15, 0.2) is 0 Å². The maximum absolute atomic E-state index is 13.0. The molecule has 10 heteroatoms. The van der Waals surface area contributed by atoms with Gasteiger partial charge < -0.3 is 5.32 Å². The number of sulfonamides is 2. The molecule has 0 saturated carbocycles. The minimum Gasteiger partial charge on any atom is -0.322 e. The highest BCUT2D eigenvalue weighted by molar-refractivity contribution is 7.89. The molecule has 2 fully saturated rings. The van der Waals surface area contributed by atoms with Crippen molar-refractivity contribution in [1.29, 1.82) is 0 Å². The predicted molar refractivity (Wildman–Crippen MR) is 126 cm³/mol. The number of hydrogen-bond donors (Lipinski definition) is 1. The highest BCUT2D eigenvalue weighted by Crippen LogP contribution is 2.24. The summed E-state index contributed by atoms with van der Waals surface area (Å²) in [4.78, 5) is 13.1. The third kappa shape index (κ3) is 5.29. The van der Waals surface area contributed by atoms with Crippen molar-refractivity contribution in [3.05, 3.63) is 54.1 Å². The summed E-state index contributed by atoms with van der Waals surface area (Å²) in [6.07, 6.45) is 5.44. The van der Waals surface area contributed by atoms with Gasteiger partial charge in [0.2, 0.25) is 20.0 Å². The number of hydrogen-bond acceptors (Lipinski definition) is 5. The lowest BCUT2D eigenvalue weighted by atomic mass is 10.2. The number of anilines is 1. The zero-order valence-electron chi connectivity index (χ0n) is 18.4. The second-order valence-corrected chi connectivity index (χ2v) is 12.3. The van der Waals surface area contributed by atoms with Crippen molar-refractivity contribution in [2.24, 2.45) is 0 Å². The van der Waals surface area contributed by atoms with E-state index in [1.807, 2.05) is 0 Å². The topological polar surface area (TPSA) is 104 Å². The van der Waals surface area contributed by atoms with Crippen molar-refractivity contribution in [2.75, 3.05) is 31.5 Å². The number of amides is 1. The number of carbonyl (C=O) groups excluding carboxylic acids is 1. The summed E-state index contributed by atoms with van der Waals surface area (Å²) in [6.45, 7) is 2.03. The van der Waals surface area contributed by atoms with E-state index in [1.54, 1.807) is 24.3 Å². The lowest BCUT2D eigenvalue weighted by molar-refractivity contribution is 0.102. The van der Waals surface area contributed by atoms with Crippen LogP contribution >= 0.6 is 0 Å². The Morgan fingerprint density at radius 1 is 0.667 bits per heavy atom. The lowest BCUT2D eigenvalue weighted by Gasteiger charge is -2.20. The summed E-state index contributed by atoms with van der Waals surface area (Å²) >= 11 is 0. The first-order valence-electron chi connectivity index (χ1n) is 11.3. The molecule has 0 radical (unpaired) electrons. The first-order valence-corrected chi connectivity index (χ1v) is 14.2. The molecule has 0 unspecified atom stereocenters. The van der Waals surface area contributed by atoms with Crippen LogP contribution in [0.25, 0.3) is 0 Å². The minimum atomic E-state index is -3.66. The van der Waals surface area contributed by atoms with Crippen LogP contribution in [0.4, 0.5) is 5.69 Å². The Kier molecular flexibility index (Phi) is 7.18. The zero-order valence-corrected chi connectivity index (χ0v) is 20.1. The monoisotopic (exact) mass is 491 g/mol. The molecule has 0 aliphatic carbocycles. The van der Waals surface area contributed by atoms with Gasteiger partial charge in [-0.1, -0.05) is 18.9 Å². The summed E-state index contributed by atoms with van der Waals surface area (Å²) in [5.74, 6) is -0.460. The van der Waals surface area contributed by atoms with Crippen molar-refractivity contribution in [1.82, 2.24) is 8.61 Å². The summed E-state index contributed by atoms with van der Waals surface area (Å²) < 4.78 is 54.4. The van der Waals surface area contributed by atoms with Crippen LogP contribution in [-0.2, 0) is 20.0 Å². The quantitative estimate of drug-likeness (QED) is 0.668. The number of nitrogens with one attached hydrogen (secondary N) is 1. The molecule has 2 aliphatic heterocycles. The minimum absolute atomic E-state index is 0.101. The third-order valence-corrected chi connectivity index (χ3v) is 9.92. The van der Waals surface area contributed by atoms with Crippen molar-refractivity contribution < 1.29 is 21.6 Å². The Morgan fingerprint density at radius 2 is 1.18 bits per heavy atom. The number of nitrogens with zero attached hydrogens (tertiary/aromatic N) is 2. The van der Waals surface area contributed by atoms with Crippen molar-refractivity contribution in [3.8, 4) is 0 Å². The van der Waals surface area contributed by atoms with Gasteiger partial charge in [-0.05, 0) is 68.1 Å². The van der Waals surface area contributed by atoms with Crippen LogP contribution in [-0.4, -0.2) is 57.5 Å². The molecule has 2 aromatic rings. The van der Waals surface area contributed by atoms with E-state index < -0.39 is 26.0 Å². The van der Waals surface area contributed by atoms with Gasteiger partial charge in [-0.15, -0.1) is 0 Å². The van der Waals surface area contributed by atoms with Crippen molar-refractivity contribution >= 4 is 31.6 Å². The van der Waals surface area contributed by atoms with Gasteiger partial charge >= 0.3 is 0 Å². The normalized spacial score (nSPS) is 18.7. The fraction of sp³-hybridized carbons (Fsp3) is 0.435. The van der Waals surface area contributed by atoms with E-state index in [9.17, 15) is 21.6 Å². The van der Waals surface area contributed by atoms with E-state index >= 15 is 0 Å². The molecule has 2 aliphatic rings. The molecule has 33 heavy (non-hydrogen) atoms. The van der Waals surface area contributed by atoms with Gasteiger partial charge in [0.05, 0.1) is 9.79 Å². The molecule has 4 rings (SSSR count). The molecule has 0 aromatic heterocycles. The molecule has 2 saturated heterocycles. The van der Waals surface area contributed by atoms with Crippen LogP contribution in [0.5, 0.6) is 0 Å². The van der Waals surface area contributed by atoms with Crippen LogP contribution in [0.15, 0.2) is 58.3 Å². The summed E-state index contributed by atoms with van der Waals surface area (Å²) in [6, 6.07) is 12.1. The van der Waals surface area contributed by atoms with E-state index in [2.05, 4.69) is 5.32 Å². The van der Waals surface area contributed by atoms with Crippen LogP contribution in [0.2, 0.25) is 0 Å². The molecule has 178 valence electrons. The van der Waals surface area contributed by atoms with Crippen LogP contribution in [0.3, 0.4) is 0 Å². The highest BCUT2D eigenvalue weighted by Gasteiger charge is 2.27. The van der Waals surface area contributed by atoms with Crippen molar-refractivity contribution in [3.63, 3.8) is 0 Å². The average Bonchev–Trinajstić information content (AvgIpc) is 3.23. The summed E-state index contributed by atoms with van der Waals surface area (Å²) in [5.41, 5.74) is 0.654. The van der Waals surface area contributed by atoms with Gasteiger partial charge in [-0.25, -0.2) is 16.8 Å². The molecule has 0 spiro atoms. The second kappa shape index (κ2) is 9.92. The standard InChI is InChI=1S/C23H29N3O5S2/c27-23(24-20-10-12-21(13-11-20)32(28,29)25-16-5-6-17-25)19-8-7-9-22(18-19)33(30,31)26-14-3-1-2-4-15-26/h7-13,18H,1-6,14-17H2,(H,24,27). The predicted octanol–water partition coefficient (Wildman–Crippen LogP) is 3.29. The Hall–Kier alpha value is -2.27. The van der Waals surface area contributed by atoms with Gasteiger partial charge in [-0.3, -0.25) is 4.79 Å². The first-order chi connectivity index (χ1) is 15.8. The summed E-state index contributed by atoms with van der Waals surface area (Å²) in [7, 11) is -7.18. The molecule has 0 atom stereocenters. The van der Waals surface area contributed by atoms with Gasteiger partial charge in [0.1, 0.15) is 0 Å². The Balaban J connectivity index is 1.48. The Morgan fingerprint density at radius 3 is 1.76 bits per heavy atom. The molecule has 2 heterocycles. The molecule has 8 nitrogen and oxygen atoms in total. The second-order valence-electron chi connectivity index (χ2n) is 8.44. The SMILES string of the molecule is O=C(Nc1ccc(S(=O)(=O)N2CCCC2)cc1)c1cccc(S(=O)(=O)N2CCCCCC2)c1. The lowest BCUT2D eigenvalue weighted by Crippen LogP contribution is -2.32. The van der Waals surface area contributed by atoms with E-state index in [4.69, 9.17) is 0 Å². The molecular formula is C23H29N3O5S2. The number of rotatable bonds is 6. The smallest absolute Gasteiger partial charge is 0.255 e. The number of carbonyl (C=O) groups is 1. The van der Waals surface area contributed by atoms with Gasteiger partial charge in [0, 0.05) is 37.4 Å². The number of benzene rings is 2. The molecule has 0 bridgehead atoms. The van der Waals surface area contributed by atoms with Crippen LogP contribution in [0, 0.1) is 0 Å². The fourth-order valence-electron chi connectivity index (χ4n) is 4.22. The van der Waals surface area contributed by atoms with E-state index in [1.165, 1.54) is 32.9 Å². The average molecular weight is 492 g/mol. The maximum atomic E-state index is 13.0. The zero-order chi connectivity index (χ0) is 23.5. The van der Waals surface area contributed by atoms with Gasteiger partial charge in [0.25, 0.3) is 5.91 Å². The van der Waals surface area contributed by atoms with E-state index in [-0.39, 0.29) is 15.4 Å². The summed E-state index contributed by atoms with van der Waals surface area (Å²) in [5, 5.41) is 2.72. The molecule has 2 aromatic carbocycles. The van der Waals surface area contributed by atoms with E-state index in [0.717, 1.165) is 38.5 Å². The largest absolute Gasteiger partial charge is 0.322 e. The maximum Gasteiger partial charge on any atom is 0.255 e. The Bertz CT molecular complexity index is 1200. The first kappa shape index (κ1) is 23.9. The third-order valence-electron chi connectivity index (χ3n) is 6.11. The Labute approximate surface area is 195 Å². The van der Waals surface area contributed by atoms with E-state index in [0.29, 0.717) is 31.9 Å². The fourth-order valence-corrected chi connectivity index (χ4v) is 7.30.